The van der Waals surface area contributed by atoms with Crippen molar-refractivity contribution in [2.75, 3.05) is 16.8 Å². The number of nitrogen functional groups attached to an aromatic ring is 1. The van der Waals surface area contributed by atoms with Crippen LogP contribution in [0.25, 0.3) is 0 Å². The van der Waals surface area contributed by atoms with Gasteiger partial charge in [0.2, 0.25) is 5.91 Å². The predicted octanol–water partition coefficient (Wildman–Crippen LogP) is 4.96. The Morgan fingerprint density at radius 3 is 2.57 bits per heavy atom. The van der Waals surface area contributed by atoms with Gasteiger partial charge in [-0.25, -0.2) is 0 Å². The summed E-state index contributed by atoms with van der Waals surface area (Å²) in [5, 5.41) is 4.25. The van der Waals surface area contributed by atoms with E-state index in [2.05, 4.69) is 5.32 Å². The molecule has 7 heteroatoms. The maximum Gasteiger partial charge on any atom is 0.234 e. The van der Waals surface area contributed by atoms with E-state index < -0.39 is 0 Å². The van der Waals surface area contributed by atoms with E-state index in [1.54, 1.807) is 36.4 Å². The normalized spacial score (nSPS) is 10.4. The van der Waals surface area contributed by atoms with Crippen molar-refractivity contribution in [2.24, 2.45) is 0 Å². The van der Waals surface area contributed by atoms with Crippen molar-refractivity contribution in [1.29, 1.82) is 0 Å². The van der Waals surface area contributed by atoms with Gasteiger partial charge in [0.1, 0.15) is 0 Å². The maximum absolute atomic E-state index is 11.9. The molecule has 0 aromatic heterocycles. The highest BCUT2D eigenvalue weighted by Gasteiger charge is 2.09. The number of hydrogen-bond acceptors (Lipinski definition) is 3. The molecule has 0 radical (unpaired) electrons. The lowest BCUT2D eigenvalue weighted by molar-refractivity contribution is -0.113. The Morgan fingerprint density at radius 2 is 1.86 bits per heavy atom. The van der Waals surface area contributed by atoms with E-state index in [1.165, 1.54) is 11.8 Å². The zero-order valence-corrected chi connectivity index (χ0v) is 13.8. The molecule has 0 saturated heterocycles. The summed E-state index contributed by atoms with van der Waals surface area (Å²) in [7, 11) is 0. The minimum atomic E-state index is -0.192. The number of carbonyl (C=O) groups is 1. The zero-order chi connectivity index (χ0) is 15.4. The van der Waals surface area contributed by atoms with Gasteiger partial charge in [-0.05, 0) is 36.4 Å². The SMILES string of the molecule is Nc1ccc(NC(=O)CSc2cc(Cl)ccc2Cl)c(Cl)c1. The molecule has 0 saturated carbocycles. The van der Waals surface area contributed by atoms with Gasteiger partial charge in [-0.3, -0.25) is 4.79 Å². The predicted molar refractivity (Wildman–Crippen MR) is 91.7 cm³/mol. The average Bonchev–Trinajstić information content (AvgIpc) is 2.43. The monoisotopic (exact) mass is 360 g/mol. The topological polar surface area (TPSA) is 55.1 Å². The van der Waals surface area contributed by atoms with Crippen LogP contribution in [0.4, 0.5) is 11.4 Å². The second-order valence-corrected chi connectivity index (χ2v) is 6.42. The summed E-state index contributed by atoms with van der Waals surface area (Å²) >= 11 is 19.2. The first-order valence-corrected chi connectivity index (χ1v) is 8.00. The van der Waals surface area contributed by atoms with Crippen LogP contribution in [-0.2, 0) is 4.79 Å². The number of rotatable bonds is 4. The van der Waals surface area contributed by atoms with E-state index in [4.69, 9.17) is 40.5 Å². The number of benzene rings is 2. The van der Waals surface area contributed by atoms with Crippen molar-refractivity contribution < 1.29 is 4.79 Å². The minimum Gasteiger partial charge on any atom is -0.399 e. The van der Waals surface area contributed by atoms with Crippen molar-refractivity contribution in [3.63, 3.8) is 0 Å². The van der Waals surface area contributed by atoms with Crippen molar-refractivity contribution in [2.45, 2.75) is 4.90 Å². The van der Waals surface area contributed by atoms with Crippen LogP contribution in [0.5, 0.6) is 0 Å². The fourth-order valence-electron chi connectivity index (χ4n) is 1.55. The lowest BCUT2D eigenvalue weighted by Gasteiger charge is -2.08. The Bertz CT molecular complexity index is 679. The van der Waals surface area contributed by atoms with Crippen molar-refractivity contribution >= 4 is 63.8 Å². The summed E-state index contributed by atoms with van der Waals surface area (Å²) in [5.74, 6) is 0.00327. The molecule has 3 N–H and O–H groups in total. The number of nitrogens with two attached hydrogens (primary N) is 1. The number of anilines is 2. The molecule has 2 rings (SSSR count). The zero-order valence-electron chi connectivity index (χ0n) is 10.7. The van der Waals surface area contributed by atoms with Crippen LogP contribution in [-0.4, -0.2) is 11.7 Å². The van der Waals surface area contributed by atoms with Crippen molar-refractivity contribution in [3.8, 4) is 0 Å². The number of nitrogens with one attached hydrogen (secondary N) is 1. The van der Waals surface area contributed by atoms with Crippen LogP contribution in [0, 0.1) is 0 Å². The largest absolute Gasteiger partial charge is 0.399 e. The quantitative estimate of drug-likeness (QED) is 0.598. The van der Waals surface area contributed by atoms with Crippen LogP contribution in [0.1, 0.15) is 0 Å². The van der Waals surface area contributed by atoms with Gasteiger partial charge >= 0.3 is 0 Å². The van der Waals surface area contributed by atoms with E-state index in [1.807, 2.05) is 0 Å². The Morgan fingerprint density at radius 1 is 1.10 bits per heavy atom. The fraction of sp³-hybridized carbons (Fsp3) is 0.0714. The smallest absolute Gasteiger partial charge is 0.234 e. The van der Waals surface area contributed by atoms with E-state index >= 15 is 0 Å². The van der Waals surface area contributed by atoms with Crippen LogP contribution in [0.3, 0.4) is 0 Å². The Balaban J connectivity index is 1.97. The van der Waals surface area contributed by atoms with Gasteiger partial charge in [-0.2, -0.15) is 0 Å². The van der Waals surface area contributed by atoms with Crippen molar-refractivity contribution in [3.05, 3.63) is 51.5 Å². The molecule has 21 heavy (non-hydrogen) atoms. The van der Waals surface area contributed by atoms with Crippen LogP contribution >= 0.6 is 46.6 Å². The molecule has 2 aromatic rings. The van der Waals surface area contributed by atoms with Gasteiger partial charge in [0, 0.05) is 15.6 Å². The summed E-state index contributed by atoms with van der Waals surface area (Å²) in [6, 6.07) is 10.0. The molecule has 110 valence electrons. The second kappa shape index (κ2) is 7.27. The highest BCUT2D eigenvalue weighted by atomic mass is 35.5. The summed E-state index contributed by atoms with van der Waals surface area (Å²) in [6.07, 6.45) is 0. The Kier molecular flexibility index (Phi) is 5.65. The molecule has 0 aliphatic heterocycles. The summed E-state index contributed by atoms with van der Waals surface area (Å²) in [4.78, 5) is 12.7. The summed E-state index contributed by atoms with van der Waals surface area (Å²) < 4.78 is 0. The number of amides is 1. The van der Waals surface area contributed by atoms with E-state index in [0.717, 1.165) is 4.90 Å². The molecule has 0 fully saturated rings. The summed E-state index contributed by atoms with van der Waals surface area (Å²) in [6.45, 7) is 0. The number of thioether (sulfide) groups is 1. The minimum absolute atomic E-state index is 0.192. The second-order valence-electron chi connectivity index (χ2n) is 4.15. The molecule has 3 nitrogen and oxygen atoms in total. The van der Waals surface area contributed by atoms with Crippen LogP contribution < -0.4 is 11.1 Å². The Hall–Kier alpha value is -1.07. The van der Waals surface area contributed by atoms with Gasteiger partial charge in [0.25, 0.3) is 0 Å². The highest BCUT2D eigenvalue weighted by Crippen LogP contribution is 2.30. The van der Waals surface area contributed by atoms with Gasteiger partial charge in [-0.15, -0.1) is 11.8 Å². The van der Waals surface area contributed by atoms with E-state index in [-0.39, 0.29) is 11.7 Å². The van der Waals surface area contributed by atoms with Gasteiger partial charge in [0.05, 0.1) is 21.5 Å². The first kappa shape index (κ1) is 16.3. The molecule has 0 heterocycles. The lowest BCUT2D eigenvalue weighted by atomic mass is 10.3. The third-order valence-corrected chi connectivity index (χ3v) is 4.56. The highest BCUT2D eigenvalue weighted by molar-refractivity contribution is 8.00. The van der Waals surface area contributed by atoms with Gasteiger partial charge < -0.3 is 11.1 Å². The standard InChI is InChI=1S/C14H11Cl3N2OS/c15-8-1-3-10(16)13(5-8)21-7-14(20)19-12-4-2-9(18)6-11(12)17/h1-6H,7,18H2,(H,19,20). The third kappa shape index (κ3) is 4.71. The molecule has 0 aliphatic rings. The molecule has 2 aromatic carbocycles. The molecule has 0 bridgehead atoms. The number of carbonyl (C=O) groups excluding carboxylic acids is 1. The average molecular weight is 362 g/mol. The van der Waals surface area contributed by atoms with Gasteiger partial charge in [0.15, 0.2) is 0 Å². The molecular formula is C14H11Cl3N2OS. The molecule has 1 amide bonds. The molecule has 0 spiro atoms. The van der Waals surface area contributed by atoms with Crippen molar-refractivity contribution in [1.82, 2.24) is 0 Å². The number of halogens is 3. The van der Waals surface area contributed by atoms with E-state index in [0.29, 0.717) is 26.4 Å². The summed E-state index contributed by atoms with van der Waals surface area (Å²) in [5.41, 5.74) is 6.66. The molecular weight excluding hydrogens is 351 g/mol. The Labute approximate surface area is 141 Å². The first-order chi connectivity index (χ1) is 9.95. The lowest BCUT2D eigenvalue weighted by Crippen LogP contribution is -2.14. The molecule has 0 unspecified atom stereocenters. The van der Waals surface area contributed by atoms with Crippen LogP contribution in [0.2, 0.25) is 15.1 Å². The molecule has 0 atom stereocenters. The first-order valence-electron chi connectivity index (χ1n) is 5.88. The van der Waals surface area contributed by atoms with Crippen LogP contribution in [0.15, 0.2) is 41.3 Å². The third-order valence-electron chi connectivity index (χ3n) is 2.52. The molecule has 0 aliphatic carbocycles. The van der Waals surface area contributed by atoms with E-state index in [9.17, 15) is 4.79 Å². The maximum atomic E-state index is 11.9. The van der Waals surface area contributed by atoms with Gasteiger partial charge in [-0.1, -0.05) is 34.8 Å². The fourth-order valence-corrected chi connectivity index (χ4v) is 3.08. The number of hydrogen-bond donors (Lipinski definition) is 2.